The van der Waals surface area contributed by atoms with Crippen LogP contribution in [0.1, 0.15) is 10.4 Å². The van der Waals surface area contributed by atoms with E-state index >= 15 is 0 Å². The summed E-state index contributed by atoms with van der Waals surface area (Å²) in [6, 6.07) is 14.0. The van der Waals surface area contributed by atoms with Crippen LogP contribution < -0.4 is 17.0 Å². The molecular weight excluding hydrogens is 290 g/mol. The van der Waals surface area contributed by atoms with Crippen molar-refractivity contribution in [1.29, 1.82) is 0 Å². The molecule has 3 heteroatoms. The lowest BCUT2D eigenvalue weighted by Crippen LogP contribution is -3.00. The number of halogens is 1. The molecule has 0 spiro atoms. The first-order valence-electron chi connectivity index (χ1n) is 5.78. The van der Waals surface area contributed by atoms with Crippen molar-refractivity contribution in [2.45, 2.75) is 0 Å². The molecule has 96 valence electrons. The Labute approximate surface area is 119 Å². The molecule has 0 radical (unpaired) electrons. The zero-order valence-electron chi connectivity index (χ0n) is 11.0. The minimum atomic E-state index is 0. The van der Waals surface area contributed by atoms with Gasteiger partial charge in [-0.25, -0.2) is 0 Å². The quantitative estimate of drug-likeness (QED) is 0.564. The summed E-state index contributed by atoms with van der Waals surface area (Å²) in [6.07, 6.45) is 0. The van der Waals surface area contributed by atoms with Crippen molar-refractivity contribution >= 4 is 16.6 Å². The van der Waals surface area contributed by atoms with Crippen molar-refractivity contribution < 1.29 is 26.3 Å². The average Bonchev–Trinajstić information content (AvgIpc) is 2.26. The fraction of sp³-hybridized carbons (Fsp3) is 0.267. The highest BCUT2D eigenvalue weighted by Crippen LogP contribution is 2.16. The van der Waals surface area contributed by atoms with Crippen LogP contribution in [0.4, 0.5) is 0 Å². The zero-order chi connectivity index (χ0) is 12.5. The zero-order valence-corrected chi connectivity index (χ0v) is 12.6. The van der Waals surface area contributed by atoms with E-state index in [1.807, 2.05) is 57.5 Å². The van der Waals surface area contributed by atoms with Gasteiger partial charge in [-0.2, -0.15) is 0 Å². The van der Waals surface area contributed by atoms with Gasteiger partial charge in [0.2, 0.25) is 5.78 Å². The highest BCUT2D eigenvalue weighted by molar-refractivity contribution is 6.00. The fourth-order valence-corrected chi connectivity index (χ4v) is 1.88. The lowest BCUT2D eigenvalue weighted by atomic mass is 10.0. The Hall–Kier alpha value is -1.19. The second-order valence-electron chi connectivity index (χ2n) is 5.43. The minimum absolute atomic E-state index is 0. The summed E-state index contributed by atoms with van der Waals surface area (Å²) >= 11 is 0. The van der Waals surface area contributed by atoms with E-state index in [2.05, 4.69) is 6.07 Å². The molecule has 0 atom stereocenters. The number of carbonyl (C=O) groups is 1. The van der Waals surface area contributed by atoms with Gasteiger partial charge in [-0.05, 0) is 16.8 Å². The van der Waals surface area contributed by atoms with Crippen LogP contribution in [0, 0.1) is 0 Å². The third-order valence-electron chi connectivity index (χ3n) is 2.69. The number of likely N-dealkylation sites (N-methyl/N-ethyl adjacent to an activating group) is 1. The van der Waals surface area contributed by atoms with Gasteiger partial charge in [-0.3, -0.25) is 4.79 Å². The summed E-state index contributed by atoms with van der Waals surface area (Å²) in [5, 5.41) is 2.30. The SMILES string of the molecule is C[N+](C)(C)CC(=O)c1ccc2ccccc2c1.[Br-]. The molecule has 0 aromatic heterocycles. The van der Waals surface area contributed by atoms with Gasteiger partial charge < -0.3 is 21.5 Å². The highest BCUT2D eigenvalue weighted by atomic mass is 79.9. The molecule has 0 N–H and O–H groups in total. The number of ketones is 1. The van der Waals surface area contributed by atoms with Gasteiger partial charge in [0.05, 0.1) is 21.1 Å². The summed E-state index contributed by atoms with van der Waals surface area (Å²) in [6.45, 7) is 0.526. The van der Waals surface area contributed by atoms with E-state index in [0.717, 1.165) is 10.9 Å². The Morgan fingerprint density at radius 2 is 1.61 bits per heavy atom. The average molecular weight is 308 g/mol. The van der Waals surface area contributed by atoms with Crippen LogP contribution in [0.25, 0.3) is 10.8 Å². The number of rotatable bonds is 3. The summed E-state index contributed by atoms with van der Waals surface area (Å²) in [5.41, 5.74) is 0.803. The molecule has 0 bridgehead atoms. The monoisotopic (exact) mass is 307 g/mol. The Morgan fingerprint density at radius 1 is 1.00 bits per heavy atom. The standard InChI is InChI=1S/C15H18NO.BrH/c1-16(2,3)11-15(17)14-9-8-12-6-4-5-7-13(12)10-14;/h4-10H,11H2,1-3H3;1H/q+1;/p-1. The van der Waals surface area contributed by atoms with E-state index < -0.39 is 0 Å². The molecule has 0 aliphatic rings. The second-order valence-corrected chi connectivity index (χ2v) is 5.43. The van der Waals surface area contributed by atoms with Crippen LogP contribution in [0.2, 0.25) is 0 Å². The molecule has 2 rings (SSSR count). The predicted octanol–water partition coefficient (Wildman–Crippen LogP) is -0.267. The van der Waals surface area contributed by atoms with E-state index in [0.29, 0.717) is 11.0 Å². The molecule has 0 saturated heterocycles. The van der Waals surface area contributed by atoms with Gasteiger partial charge in [0, 0.05) is 5.56 Å². The lowest BCUT2D eigenvalue weighted by molar-refractivity contribution is -0.861. The topological polar surface area (TPSA) is 17.1 Å². The Kier molecular flexibility index (Phi) is 4.65. The molecule has 0 unspecified atom stereocenters. The van der Waals surface area contributed by atoms with Gasteiger partial charge >= 0.3 is 0 Å². The Bertz CT molecular complexity index is 558. The number of hydrogen-bond acceptors (Lipinski definition) is 1. The molecule has 0 amide bonds. The maximum atomic E-state index is 12.1. The van der Waals surface area contributed by atoms with Crippen molar-refractivity contribution in [3.05, 3.63) is 48.0 Å². The van der Waals surface area contributed by atoms with Crippen molar-refractivity contribution in [2.75, 3.05) is 27.7 Å². The van der Waals surface area contributed by atoms with E-state index in [9.17, 15) is 4.79 Å². The van der Waals surface area contributed by atoms with Crippen molar-refractivity contribution in [2.24, 2.45) is 0 Å². The fourth-order valence-electron chi connectivity index (χ4n) is 1.88. The summed E-state index contributed by atoms with van der Waals surface area (Å²) < 4.78 is 0.658. The lowest BCUT2D eigenvalue weighted by Gasteiger charge is -2.22. The normalized spacial score (nSPS) is 11.1. The van der Waals surface area contributed by atoms with E-state index in [-0.39, 0.29) is 22.8 Å². The van der Waals surface area contributed by atoms with Gasteiger partial charge in [0.25, 0.3) is 0 Å². The largest absolute Gasteiger partial charge is 1.00 e. The van der Waals surface area contributed by atoms with Crippen LogP contribution in [0.5, 0.6) is 0 Å². The van der Waals surface area contributed by atoms with E-state index in [4.69, 9.17) is 0 Å². The molecule has 0 aliphatic carbocycles. The van der Waals surface area contributed by atoms with Crippen molar-refractivity contribution in [3.8, 4) is 0 Å². The predicted molar refractivity (Wildman–Crippen MR) is 71.2 cm³/mol. The molecule has 2 aromatic carbocycles. The molecule has 2 nitrogen and oxygen atoms in total. The number of fused-ring (bicyclic) bond motifs is 1. The van der Waals surface area contributed by atoms with Crippen LogP contribution in [0.15, 0.2) is 42.5 Å². The first kappa shape index (κ1) is 14.9. The number of carbonyl (C=O) groups excluding carboxylic acids is 1. The molecule has 18 heavy (non-hydrogen) atoms. The van der Waals surface area contributed by atoms with Crippen molar-refractivity contribution in [1.82, 2.24) is 0 Å². The summed E-state index contributed by atoms with van der Waals surface area (Å²) in [5.74, 6) is 0.197. The van der Waals surface area contributed by atoms with E-state index in [1.54, 1.807) is 0 Å². The third-order valence-corrected chi connectivity index (χ3v) is 2.69. The Balaban J connectivity index is 0.00000162. The maximum Gasteiger partial charge on any atom is 0.216 e. The third kappa shape index (κ3) is 3.65. The smallest absolute Gasteiger partial charge is 0.216 e. The van der Waals surface area contributed by atoms with E-state index in [1.165, 1.54) is 5.39 Å². The summed E-state index contributed by atoms with van der Waals surface area (Å²) in [4.78, 5) is 12.1. The van der Waals surface area contributed by atoms with Crippen LogP contribution in [-0.4, -0.2) is 38.0 Å². The molecule has 2 aromatic rings. The number of nitrogens with zero attached hydrogens (tertiary/aromatic N) is 1. The van der Waals surface area contributed by atoms with Gasteiger partial charge in [-0.15, -0.1) is 0 Å². The highest BCUT2D eigenvalue weighted by Gasteiger charge is 2.16. The molecule has 0 saturated carbocycles. The Morgan fingerprint density at radius 3 is 2.22 bits per heavy atom. The molecule has 0 heterocycles. The number of Topliss-reactive ketones (excluding diaryl/α,β-unsaturated/α-hetero) is 1. The molecule has 0 aliphatic heterocycles. The molecule has 0 fully saturated rings. The van der Waals surface area contributed by atoms with Gasteiger partial charge in [0.1, 0.15) is 6.54 Å². The maximum absolute atomic E-state index is 12.1. The number of benzene rings is 2. The summed E-state index contributed by atoms with van der Waals surface area (Å²) in [7, 11) is 6.08. The van der Waals surface area contributed by atoms with Gasteiger partial charge in [0.15, 0.2) is 0 Å². The first-order chi connectivity index (χ1) is 7.96. The number of hydrogen-bond donors (Lipinski definition) is 0. The van der Waals surface area contributed by atoms with Gasteiger partial charge in [-0.1, -0.05) is 36.4 Å². The first-order valence-corrected chi connectivity index (χ1v) is 5.78. The van der Waals surface area contributed by atoms with Crippen LogP contribution in [-0.2, 0) is 0 Å². The molecular formula is C15H18BrNO. The second kappa shape index (κ2) is 5.63. The number of quaternary nitrogens is 1. The van der Waals surface area contributed by atoms with Crippen LogP contribution in [0.3, 0.4) is 0 Å². The van der Waals surface area contributed by atoms with Crippen LogP contribution >= 0.6 is 0 Å². The minimum Gasteiger partial charge on any atom is -1.00 e. The van der Waals surface area contributed by atoms with Crippen molar-refractivity contribution in [3.63, 3.8) is 0 Å².